The third kappa shape index (κ3) is 3.44. The number of halogens is 2. The molecule has 0 aromatic heterocycles. The second-order valence-electron chi connectivity index (χ2n) is 4.12. The summed E-state index contributed by atoms with van der Waals surface area (Å²) in [5, 5.41) is 11.6. The lowest BCUT2D eigenvalue weighted by molar-refractivity contribution is -0.130. The van der Waals surface area contributed by atoms with Crippen LogP contribution in [-0.4, -0.2) is 30.4 Å². The van der Waals surface area contributed by atoms with Crippen molar-refractivity contribution in [2.75, 3.05) is 18.9 Å². The maximum atomic E-state index is 14.0. The van der Waals surface area contributed by atoms with E-state index in [1.54, 1.807) is 18.9 Å². The Morgan fingerprint density at radius 1 is 1.63 bits per heavy atom. The molecule has 0 aliphatic carbocycles. The number of carbonyl (C=O) groups excluding carboxylic acids is 1. The quantitative estimate of drug-likeness (QED) is 0.925. The standard InChI is InChI=1S/C13H15BrFN3O/c1-4-18(3)13(19)8(2)17-10-6-5-9(7-16)11(14)12(10)15/h5-6,8,17H,4H2,1-3H3. The Balaban J connectivity index is 2.93. The van der Waals surface area contributed by atoms with Crippen LogP contribution in [0.15, 0.2) is 16.6 Å². The van der Waals surface area contributed by atoms with Crippen LogP contribution in [0.5, 0.6) is 0 Å². The molecule has 1 atom stereocenters. The highest BCUT2D eigenvalue weighted by Gasteiger charge is 2.19. The number of nitrogens with zero attached hydrogens (tertiary/aromatic N) is 2. The van der Waals surface area contributed by atoms with Gasteiger partial charge in [0.2, 0.25) is 5.91 Å². The van der Waals surface area contributed by atoms with E-state index >= 15 is 0 Å². The van der Waals surface area contributed by atoms with Crippen LogP contribution in [0.2, 0.25) is 0 Å². The molecule has 0 bridgehead atoms. The number of amides is 1. The fourth-order valence-electron chi connectivity index (χ4n) is 1.53. The molecule has 0 aliphatic rings. The highest BCUT2D eigenvalue weighted by atomic mass is 79.9. The lowest BCUT2D eigenvalue weighted by Gasteiger charge is -2.21. The van der Waals surface area contributed by atoms with E-state index in [1.165, 1.54) is 12.1 Å². The summed E-state index contributed by atoms with van der Waals surface area (Å²) in [6.07, 6.45) is 0. The van der Waals surface area contributed by atoms with Crippen molar-refractivity contribution in [1.29, 1.82) is 5.26 Å². The number of likely N-dealkylation sites (N-methyl/N-ethyl adjacent to an activating group) is 1. The van der Waals surface area contributed by atoms with Crippen molar-refractivity contribution in [1.82, 2.24) is 4.90 Å². The van der Waals surface area contributed by atoms with E-state index in [4.69, 9.17) is 5.26 Å². The van der Waals surface area contributed by atoms with Crippen LogP contribution in [0.1, 0.15) is 19.4 Å². The summed E-state index contributed by atoms with van der Waals surface area (Å²) in [4.78, 5) is 13.4. The monoisotopic (exact) mass is 327 g/mol. The molecule has 0 radical (unpaired) electrons. The zero-order valence-electron chi connectivity index (χ0n) is 11.0. The second-order valence-corrected chi connectivity index (χ2v) is 4.91. The van der Waals surface area contributed by atoms with Crippen molar-refractivity contribution in [3.63, 3.8) is 0 Å². The first-order valence-electron chi connectivity index (χ1n) is 5.82. The molecule has 0 heterocycles. The topological polar surface area (TPSA) is 56.1 Å². The molecule has 0 saturated carbocycles. The average molecular weight is 328 g/mol. The molecule has 0 aliphatic heterocycles. The first kappa shape index (κ1) is 15.4. The van der Waals surface area contributed by atoms with E-state index in [0.29, 0.717) is 6.54 Å². The van der Waals surface area contributed by atoms with E-state index in [0.717, 1.165) is 0 Å². The van der Waals surface area contributed by atoms with Gasteiger partial charge in [0.05, 0.1) is 15.7 Å². The van der Waals surface area contributed by atoms with Gasteiger partial charge in [-0.25, -0.2) is 4.39 Å². The summed E-state index contributed by atoms with van der Waals surface area (Å²) in [7, 11) is 1.69. The van der Waals surface area contributed by atoms with Gasteiger partial charge in [-0.05, 0) is 41.9 Å². The number of nitrogens with one attached hydrogen (secondary N) is 1. The molecule has 19 heavy (non-hydrogen) atoms. The first-order chi connectivity index (χ1) is 8.92. The van der Waals surface area contributed by atoms with Crippen LogP contribution in [0, 0.1) is 17.1 Å². The first-order valence-corrected chi connectivity index (χ1v) is 6.61. The number of nitriles is 1. The van der Waals surface area contributed by atoms with E-state index in [-0.39, 0.29) is 21.6 Å². The number of hydrogen-bond donors (Lipinski definition) is 1. The largest absolute Gasteiger partial charge is 0.371 e. The van der Waals surface area contributed by atoms with E-state index in [1.807, 2.05) is 13.0 Å². The Morgan fingerprint density at radius 2 is 2.26 bits per heavy atom. The van der Waals surface area contributed by atoms with Gasteiger partial charge in [-0.1, -0.05) is 0 Å². The number of carbonyl (C=O) groups is 1. The Kier molecular flexibility index (Phi) is 5.31. The van der Waals surface area contributed by atoms with Crippen LogP contribution in [0.3, 0.4) is 0 Å². The lowest BCUT2D eigenvalue weighted by atomic mass is 10.2. The van der Waals surface area contributed by atoms with Gasteiger partial charge in [0.15, 0.2) is 5.82 Å². The minimum Gasteiger partial charge on any atom is -0.371 e. The molecular weight excluding hydrogens is 313 g/mol. The molecule has 1 N–H and O–H groups in total. The van der Waals surface area contributed by atoms with Gasteiger partial charge >= 0.3 is 0 Å². The Labute approximate surface area is 120 Å². The Hall–Kier alpha value is -1.61. The van der Waals surface area contributed by atoms with Crippen LogP contribution >= 0.6 is 15.9 Å². The van der Waals surface area contributed by atoms with Crippen LogP contribution in [0.25, 0.3) is 0 Å². The van der Waals surface area contributed by atoms with Crippen molar-refractivity contribution in [2.45, 2.75) is 19.9 Å². The van der Waals surface area contributed by atoms with Gasteiger partial charge in [0, 0.05) is 13.6 Å². The van der Waals surface area contributed by atoms with Gasteiger partial charge in [-0.3, -0.25) is 4.79 Å². The lowest BCUT2D eigenvalue weighted by Crippen LogP contribution is -2.39. The summed E-state index contributed by atoms with van der Waals surface area (Å²) < 4.78 is 14.1. The number of hydrogen-bond acceptors (Lipinski definition) is 3. The molecule has 1 aromatic rings. The molecule has 0 fully saturated rings. The van der Waals surface area contributed by atoms with E-state index in [9.17, 15) is 9.18 Å². The Bertz CT molecular complexity index is 527. The van der Waals surface area contributed by atoms with Crippen molar-refractivity contribution < 1.29 is 9.18 Å². The number of rotatable bonds is 4. The highest BCUT2D eigenvalue weighted by Crippen LogP contribution is 2.27. The summed E-state index contributed by atoms with van der Waals surface area (Å²) in [6, 6.07) is 4.28. The maximum absolute atomic E-state index is 14.0. The fraction of sp³-hybridized carbons (Fsp3) is 0.385. The zero-order valence-corrected chi connectivity index (χ0v) is 12.6. The highest BCUT2D eigenvalue weighted by molar-refractivity contribution is 9.10. The van der Waals surface area contributed by atoms with Crippen molar-refractivity contribution in [2.24, 2.45) is 0 Å². The third-order valence-electron chi connectivity index (χ3n) is 2.80. The minimum absolute atomic E-state index is 0.100. The summed E-state index contributed by atoms with van der Waals surface area (Å²) in [5.74, 6) is -0.694. The van der Waals surface area contributed by atoms with E-state index < -0.39 is 11.9 Å². The molecule has 4 nitrogen and oxygen atoms in total. The Morgan fingerprint density at radius 3 is 2.79 bits per heavy atom. The molecule has 1 aromatic carbocycles. The summed E-state index contributed by atoms with van der Waals surface area (Å²) in [5.41, 5.74) is 0.406. The predicted octanol–water partition coefficient (Wildman–Crippen LogP) is 2.74. The van der Waals surface area contributed by atoms with Crippen molar-refractivity contribution in [3.05, 3.63) is 28.0 Å². The molecular formula is C13H15BrFN3O. The maximum Gasteiger partial charge on any atom is 0.244 e. The average Bonchev–Trinajstić information content (AvgIpc) is 2.42. The third-order valence-corrected chi connectivity index (χ3v) is 3.57. The molecule has 1 rings (SSSR count). The number of anilines is 1. The van der Waals surface area contributed by atoms with Crippen LogP contribution in [0.4, 0.5) is 10.1 Å². The van der Waals surface area contributed by atoms with Crippen molar-refractivity contribution in [3.8, 4) is 6.07 Å². The van der Waals surface area contributed by atoms with Crippen LogP contribution in [-0.2, 0) is 4.79 Å². The van der Waals surface area contributed by atoms with E-state index in [2.05, 4.69) is 21.2 Å². The normalized spacial score (nSPS) is 11.6. The molecule has 102 valence electrons. The molecule has 1 amide bonds. The molecule has 0 spiro atoms. The number of benzene rings is 1. The van der Waals surface area contributed by atoms with Gasteiger partial charge in [-0.2, -0.15) is 5.26 Å². The fourth-order valence-corrected chi connectivity index (χ4v) is 1.96. The zero-order chi connectivity index (χ0) is 14.6. The summed E-state index contributed by atoms with van der Waals surface area (Å²) >= 11 is 3.03. The smallest absolute Gasteiger partial charge is 0.244 e. The molecule has 1 unspecified atom stereocenters. The SMILES string of the molecule is CCN(C)C(=O)C(C)Nc1ccc(C#N)c(Br)c1F. The van der Waals surface area contributed by atoms with Gasteiger partial charge < -0.3 is 10.2 Å². The molecule has 0 saturated heterocycles. The van der Waals surface area contributed by atoms with Gasteiger partial charge in [0.1, 0.15) is 12.1 Å². The van der Waals surface area contributed by atoms with Gasteiger partial charge in [-0.15, -0.1) is 0 Å². The summed E-state index contributed by atoms with van der Waals surface area (Å²) in [6.45, 7) is 4.12. The predicted molar refractivity (Wildman–Crippen MR) is 75.2 cm³/mol. The van der Waals surface area contributed by atoms with Crippen molar-refractivity contribution >= 4 is 27.5 Å². The second kappa shape index (κ2) is 6.53. The molecule has 6 heteroatoms. The minimum atomic E-state index is -0.571. The van der Waals surface area contributed by atoms with Crippen LogP contribution < -0.4 is 5.32 Å². The van der Waals surface area contributed by atoms with Gasteiger partial charge in [0.25, 0.3) is 0 Å².